The highest BCUT2D eigenvalue weighted by molar-refractivity contribution is 5.67. The molecule has 0 saturated heterocycles. The minimum absolute atomic E-state index is 0.0638. The molecule has 0 aliphatic rings. The van der Waals surface area contributed by atoms with E-state index in [-0.39, 0.29) is 5.75 Å². The summed E-state index contributed by atoms with van der Waals surface area (Å²) in [6.45, 7) is 1.66. The van der Waals surface area contributed by atoms with Crippen LogP contribution >= 0.6 is 0 Å². The highest BCUT2D eigenvalue weighted by Crippen LogP contribution is 2.36. The van der Waals surface area contributed by atoms with Crippen molar-refractivity contribution in [1.82, 2.24) is 0 Å². The molecule has 1 atom stereocenters. The summed E-state index contributed by atoms with van der Waals surface area (Å²) in [6, 6.07) is 2.73. The van der Waals surface area contributed by atoms with E-state index in [1.54, 1.807) is 6.92 Å². The number of carbonyl (C=O) groups is 1. The van der Waals surface area contributed by atoms with Crippen molar-refractivity contribution in [3.8, 4) is 11.5 Å². The van der Waals surface area contributed by atoms with Gasteiger partial charge in [0.2, 0.25) is 0 Å². The van der Waals surface area contributed by atoms with Gasteiger partial charge in [-0.15, -0.1) is 0 Å². The summed E-state index contributed by atoms with van der Waals surface area (Å²) < 4.78 is 23.4. The van der Waals surface area contributed by atoms with Crippen LogP contribution in [0.4, 0.5) is 4.39 Å². The van der Waals surface area contributed by atoms with Crippen LogP contribution in [-0.2, 0) is 4.79 Å². The smallest absolute Gasteiger partial charge is 0.165 e. The minimum atomic E-state index is -0.498. The second kappa shape index (κ2) is 4.77. The lowest BCUT2D eigenvalue weighted by Gasteiger charge is -2.15. The maximum atomic E-state index is 13.4. The molecule has 1 rings (SSSR count). The third-order valence-corrected chi connectivity index (χ3v) is 2.19. The largest absolute Gasteiger partial charge is 0.496 e. The van der Waals surface area contributed by atoms with Gasteiger partial charge >= 0.3 is 0 Å². The van der Waals surface area contributed by atoms with Crippen molar-refractivity contribution < 1.29 is 18.7 Å². The molecule has 0 aromatic heterocycles. The molecular weight excluding hydrogens is 199 g/mol. The Balaban J connectivity index is 3.39. The van der Waals surface area contributed by atoms with Crippen molar-refractivity contribution in [1.29, 1.82) is 0 Å². The molecule has 1 aromatic carbocycles. The Kier molecular flexibility index (Phi) is 3.66. The molecule has 0 spiro atoms. The Hall–Kier alpha value is -1.58. The number of hydrogen-bond donors (Lipinski definition) is 0. The zero-order chi connectivity index (χ0) is 11.4. The first-order valence-corrected chi connectivity index (χ1v) is 4.51. The van der Waals surface area contributed by atoms with Crippen LogP contribution in [0.5, 0.6) is 11.5 Å². The summed E-state index contributed by atoms with van der Waals surface area (Å²) in [4.78, 5) is 10.7. The quantitative estimate of drug-likeness (QED) is 0.717. The van der Waals surface area contributed by atoms with E-state index in [2.05, 4.69) is 0 Å². The number of methoxy groups -OCH3 is 2. The van der Waals surface area contributed by atoms with Crippen LogP contribution in [0.1, 0.15) is 18.4 Å². The number of aldehydes is 1. The van der Waals surface area contributed by atoms with Gasteiger partial charge in [0.15, 0.2) is 11.6 Å². The topological polar surface area (TPSA) is 35.5 Å². The molecule has 0 aliphatic heterocycles. The minimum Gasteiger partial charge on any atom is -0.496 e. The molecule has 82 valence electrons. The fourth-order valence-electron chi connectivity index (χ4n) is 1.44. The summed E-state index contributed by atoms with van der Waals surface area (Å²) in [5, 5.41) is 0. The molecule has 0 heterocycles. The Bertz CT molecular complexity index is 363. The predicted molar refractivity (Wildman–Crippen MR) is 54.0 cm³/mol. The van der Waals surface area contributed by atoms with E-state index in [4.69, 9.17) is 9.47 Å². The fourth-order valence-corrected chi connectivity index (χ4v) is 1.44. The van der Waals surface area contributed by atoms with Crippen molar-refractivity contribution in [3.63, 3.8) is 0 Å². The maximum Gasteiger partial charge on any atom is 0.165 e. The second-order valence-corrected chi connectivity index (χ2v) is 3.12. The monoisotopic (exact) mass is 212 g/mol. The highest BCUT2D eigenvalue weighted by Gasteiger charge is 2.19. The molecule has 0 aliphatic carbocycles. The summed E-state index contributed by atoms with van der Waals surface area (Å²) in [7, 11) is 2.83. The first-order valence-electron chi connectivity index (χ1n) is 4.51. The third kappa shape index (κ3) is 2.09. The van der Waals surface area contributed by atoms with Crippen molar-refractivity contribution in [3.05, 3.63) is 23.5 Å². The molecule has 1 aromatic rings. The molecule has 0 radical (unpaired) electrons. The van der Waals surface area contributed by atoms with Crippen molar-refractivity contribution >= 4 is 6.29 Å². The third-order valence-electron chi connectivity index (χ3n) is 2.19. The average Bonchev–Trinajstić information content (AvgIpc) is 2.27. The highest BCUT2D eigenvalue weighted by atomic mass is 19.1. The van der Waals surface area contributed by atoms with Gasteiger partial charge < -0.3 is 14.3 Å². The SMILES string of the molecule is COc1ccc(F)c(OC)c1C(C)C=O. The van der Waals surface area contributed by atoms with E-state index in [0.717, 1.165) is 6.29 Å². The lowest BCUT2D eigenvalue weighted by molar-refractivity contribution is -0.108. The van der Waals surface area contributed by atoms with Gasteiger partial charge in [-0.05, 0) is 12.1 Å². The van der Waals surface area contributed by atoms with Crippen LogP contribution in [0.25, 0.3) is 0 Å². The fraction of sp³-hybridized carbons (Fsp3) is 0.364. The van der Waals surface area contributed by atoms with Gasteiger partial charge in [-0.2, -0.15) is 0 Å². The Morgan fingerprint density at radius 3 is 2.47 bits per heavy atom. The van der Waals surface area contributed by atoms with Crippen molar-refractivity contribution in [2.24, 2.45) is 0 Å². The zero-order valence-electron chi connectivity index (χ0n) is 8.91. The molecule has 0 fully saturated rings. The number of benzene rings is 1. The van der Waals surface area contributed by atoms with Gasteiger partial charge in [0.25, 0.3) is 0 Å². The van der Waals surface area contributed by atoms with Crippen molar-refractivity contribution in [2.45, 2.75) is 12.8 Å². The van der Waals surface area contributed by atoms with Gasteiger partial charge in [-0.3, -0.25) is 0 Å². The zero-order valence-corrected chi connectivity index (χ0v) is 8.91. The van der Waals surface area contributed by atoms with Gasteiger partial charge in [0.1, 0.15) is 12.0 Å². The van der Waals surface area contributed by atoms with Crippen LogP contribution in [-0.4, -0.2) is 20.5 Å². The van der Waals surface area contributed by atoms with Gasteiger partial charge in [-0.25, -0.2) is 4.39 Å². The summed E-state index contributed by atoms with van der Waals surface area (Å²) in [6.07, 6.45) is 0.722. The number of hydrogen-bond acceptors (Lipinski definition) is 3. The normalized spacial score (nSPS) is 12.0. The Labute approximate surface area is 87.8 Å². The van der Waals surface area contributed by atoms with Crippen LogP contribution in [0.2, 0.25) is 0 Å². The first kappa shape index (κ1) is 11.5. The van der Waals surface area contributed by atoms with E-state index < -0.39 is 11.7 Å². The van der Waals surface area contributed by atoms with Crippen LogP contribution in [0.15, 0.2) is 12.1 Å². The molecule has 1 unspecified atom stereocenters. The molecule has 15 heavy (non-hydrogen) atoms. The number of carbonyl (C=O) groups excluding carboxylic acids is 1. The van der Waals surface area contributed by atoms with Crippen molar-refractivity contribution in [2.75, 3.05) is 14.2 Å². The second-order valence-electron chi connectivity index (χ2n) is 3.12. The number of rotatable bonds is 4. The standard InChI is InChI=1S/C11H13FO3/c1-7(6-13)10-9(14-2)5-4-8(12)11(10)15-3/h4-7H,1-3H3. The van der Waals surface area contributed by atoms with E-state index >= 15 is 0 Å². The van der Waals surface area contributed by atoms with E-state index in [9.17, 15) is 9.18 Å². The predicted octanol–water partition coefficient (Wildman–Crippen LogP) is 2.15. The molecule has 0 N–H and O–H groups in total. The molecule has 4 heteroatoms. The Morgan fingerprint density at radius 1 is 1.33 bits per heavy atom. The molecule has 0 saturated carbocycles. The van der Waals surface area contributed by atoms with Gasteiger partial charge in [0.05, 0.1) is 14.2 Å². The first-order chi connectivity index (χ1) is 7.15. The van der Waals surface area contributed by atoms with Crippen LogP contribution in [0, 0.1) is 5.82 Å². The van der Waals surface area contributed by atoms with E-state index in [0.29, 0.717) is 11.3 Å². The number of halogens is 1. The van der Waals surface area contributed by atoms with E-state index in [1.165, 1.54) is 26.4 Å². The van der Waals surface area contributed by atoms with Crippen LogP contribution in [0.3, 0.4) is 0 Å². The molecule has 3 nitrogen and oxygen atoms in total. The lowest BCUT2D eigenvalue weighted by atomic mass is 10.00. The maximum absolute atomic E-state index is 13.4. The average molecular weight is 212 g/mol. The molecule has 0 bridgehead atoms. The number of ether oxygens (including phenoxy) is 2. The van der Waals surface area contributed by atoms with Gasteiger partial charge in [-0.1, -0.05) is 6.92 Å². The van der Waals surface area contributed by atoms with E-state index in [1.807, 2.05) is 0 Å². The summed E-state index contributed by atoms with van der Waals surface area (Å²) >= 11 is 0. The lowest BCUT2D eigenvalue weighted by Crippen LogP contribution is -2.03. The molecular formula is C11H13FO3. The van der Waals surface area contributed by atoms with Crippen LogP contribution < -0.4 is 9.47 Å². The van der Waals surface area contributed by atoms with Gasteiger partial charge in [0, 0.05) is 11.5 Å². The molecule has 0 amide bonds. The summed E-state index contributed by atoms with van der Waals surface area (Å²) in [5.74, 6) is -0.450. The summed E-state index contributed by atoms with van der Waals surface area (Å²) in [5.41, 5.74) is 0.440. The Morgan fingerprint density at radius 2 is 2.00 bits per heavy atom.